The van der Waals surface area contributed by atoms with Crippen molar-refractivity contribution in [2.45, 2.75) is 84.7 Å². The van der Waals surface area contributed by atoms with E-state index in [0.717, 1.165) is 34.6 Å². The van der Waals surface area contributed by atoms with Crippen LogP contribution < -0.4 is 0 Å². The SMILES string of the molecule is CCCc1cc(Br)c(CCC)c(O)c1C1(c2c(CCC)cc(Br)c(CCC)c2O)OC(=O)c2cccc(C(=O)O)c21. The molecular weight excluding hydrogens is 652 g/mol. The highest BCUT2D eigenvalue weighted by molar-refractivity contribution is 9.10. The van der Waals surface area contributed by atoms with E-state index in [1.165, 1.54) is 12.1 Å². The lowest BCUT2D eigenvalue weighted by atomic mass is 9.71. The van der Waals surface area contributed by atoms with Crippen molar-refractivity contribution in [1.29, 1.82) is 0 Å². The molecule has 0 atom stereocenters. The number of aromatic carboxylic acids is 1. The number of phenols is 2. The Kier molecular flexibility index (Phi) is 9.54. The van der Waals surface area contributed by atoms with Gasteiger partial charge in [-0.25, -0.2) is 9.59 Å². The van der Waals surface area contributed by atoms with E-state index in [1.807, 2.05) is 39.8 Å². The molecule has 0 amide bonds. The van der Waals surface area contributed by atoms with Crippen LogP contribution in [-0.4, -0.2) is 27.3 Å². The van der Waals surface area contributed by atoms with Crippen LogP contribution in [0.2, 0.25) is 0 Å². The molecule has 0 unspecified atom stereocenters. The molecule has 3 aromatic carbocycles. The molecule has 3 aromatic rings. The summed E-state index contributed by atoms with van der Waals surface area (Å²) in [6.45, 7) is 8.03. The molecule has 0 radical (unpaired) electrons. The third-order valence-electron chi connectivity index (χ3n) is 7.72. The third kappa shape index (κ3) is 5.18. The number of carboxylic acids is 1. The minimum atomic E-state index is -1.89. The Morgan fingerprint density at radius 3 is 1.66 bits per heavy atom. The highest BCUT2D eigenvalue weighted by Crippen LogP contribution is 2.57. The molecule has 4 rings (SSSR count). The van der Waals surface area contributed by atoms with Crippen molar-refractivity contribution in [2.24, 2.45) is 0 Å². The summed E-state index contributed by atoms with van der Waals surface area (Å²) in [5, 5.41) is 34.6. The second kappa shape index (κ2) is 12.6. The van der Waals surface area contributed by atoms with E-state index < -0.39 is 17.5 Å². The molecule has 1 aliphatic rings. The number of carboxylic acid groups (broad SMARTS) is 1. The summed E-state index contributed by atoms with van der Waals surface area (Å²) in [5.41, 5.74) is 1.55. The number of cyclic esters (lactones) is 1. The number of carbonyl (C=O) groups excluding carboxylic acids is 1. The van der Waals surface area contributed by atoms with Crippen LogP contribution in [0.3, 0.4) is 0 Å². The molecule has 1 aliphatic heterocycles. The maximum atomic E-state index is 13.7. The van der Waals surface area contributed by atoms with Gasteiger partial charge in [0.1, 0.15) is 11.5 Å². The number of hydrogen-bond acceptors (Lipinski definition) is 5. The van der Waals surface area contributed by atoms with Crippen molar-refractivity contribution >= 4 is 43.8 Å². The predicted octanol–water partition coefficient (Wildman–Crippen LogP) is 8.59. The monoisotopic (exact) mass is 686 g/mol. The van der Waals surface area contributed by atoms with Crippen molar-refractivity contribution in [1.82, 2.24) is 0 Å². The molecule has 1 heterocycles. The fourth-order valence-corrected chi connectivity index (χ4v) is 7.48. The summed E-state index contributed by atoms with van der Waals surface area (Å²) >= 11 is 7.29. The number of fused-ring (bicyclic) bond motifs is 1. The van der Waals surface area contributed by atoms with Crippen LogP contribution in [0.25, 0.3) is 0 Å². The fraction of sp³-hybridized carbons (Fsp3) is 0.394. The highest BCUT2D eigenvalue weighted by Gasteiger charge is 2.56. The maximum absolute atomic E-state index is 13.7. The Morgan fingerprint density at radius 1 is 0.780 bits per heavy atom. The zero-order chi connectivity index (χ0) is 30.1. The Morgan fingerprint density at radius 2 is 1.24 bits per heavy atom. The number of esters is 1. The number of phenolic OH excluding ortho intramolecular Hbond substituents is 2. The summed E-state index contributed by atoms with van der Waals surface area (Å²) in [4.78, 5) is 26.5. The number of halogens is 2. The number of aryl methyl sites for hydroxylation is 2. The highest BCUT2D eigenvalue weighted by atomic mass is 79.9. The fourth-order valence-electron chi connectivity index (χ4n) is 6.15. The smallest absolute Gasteiger partial charge is 0.340 e. The van der Waals surface area contributed by atoms with E-state index in [2.05, 4.69) is 31.9 Å². The number of carbonyl (C=O) groups is 2. The molecular formula is C33H36Br2O6. The molecule has 0 spiro atoms. The predicted molar refractivity (Wildman–Crippen MR) is 166 cm³/mol. The van der Waals surface area contributed by atoms with E-state index >= 15 is 0 Å². The van der Waals surface area contributed by atoms with Crippen molar-refractivity contribution < 1.29 is 29.6 Å². The Balaban J connectivity index is 2.35. The van der Waals surface area contributed by atoms with Gasteiger partial charge in [-0.3, -0.25) is 0 Å². The average molecular weight is 688 g/mol. The molecule has 0 saturated carbocycles. The van der Waals surface area contributed by atoms with Crippen LogP contribution in [-0.2, 0) is 36.0 Å². The molecule has 0 fully saturated rings. The first kappa shape index (κ1) is 31.1. The minimum Gasteiger partial charge on any atom is -0.507 e. The molecule has 41 heavy (non-hydrogen) atoms. The molecule has 0 aliphatic carbocycles. The van der Waals surface area contributed by atoms with E-state index in [1.54, 1.807) is 6.07 Å². The van der Waals surface area contributed by atoms with Crippen molar-refractivity contribution in [3.05, 3.63) is 89.3 Å². The lowest BCUT2D eigenvalue weighted by Crippen LogP contribution is -2.34. The summed E-state index contributed by atoms with van der Waals surface area (Å²) in [6, 6.07) is 8.39. The minimum absolute atomic E-state index is 0.0627. The van der Waals surface area contributed by atoms with Gasteiger partial charge in [-0.05, 0) is 61.1 Å². The molecule has 8 heteroatoms. The second-order valence-corrected chi connectivity index (χ2v) is 12.3. The summed E-state index contributed by atoms with van der Waals surface area (Å²) in [7, 11) is 0. The van der Waals surface area contributed by atoms with Crippen molar-refractivity contribution in [2.75, 3.05) is 0 Å². The van der Waals surface area contributed by atoms with E-state index in [9.17, 15) is 24.9 Å². The summed E-state index contributed by atoms with van der Waals surface area (Å²) in [5.74, 6) is -2.05. The van der Waals surface area contributed by atoms with Gasteiger partial charge < -0.3 is 20.1 Å². The standard InChI is InChI=1S/C33H36Br2O6/c1-5-10-18-16-24(34)20(12-7-3)29(36)26(18)33(28-22(31(38)39)14-9-15-23(28)32(40)41-33)27-19(11-6-2)17-25(35)21(13-8-4)30(27)37/h9,14-17,36-37H,5-8,10-13H2,1-4H3,(H,38,39). The van der Waals surface area contributed by atoms with Gasteiger partial charge >= 0.3 is 11.9 Å². The first-order valence-corrected chi connectivity index (χ1v) is 15.8. The van der Waals surface area contributed by atoms with Crippen LogP contribution in [0.15, 0.2) is 39.3 Å². The summed E-state index contributed by atoms with van der Waals surface area (Å²) in [6.07, 6.45) is 5.07. The maximum Gasteiger partial charge on any atom is 0.340 e. The average Bonchev–Trinajstić information content (AvgIpc) is 3.21. The zero-order valence-electron chi connectivity index (χ0n) is 23.9. The van der Waals surface area contributed by atoms with Gasteiger partial charge in [0.2, 0.25) is 0 Å². The van der Waals surface area contributed by atoms with Crippen molar-refractivity contribution in [3.8, 4) is 11.5 Å². The first-order chi connectivity index (χ1) is 19.6. The lowest BCUT2D eigenvalue weighted by Gasteiger charge is -2.36. The van der Waals surface area contributed by atoms with Gasteiger partial charge in [0.05, 0.1) is 22.3 Å². The van der Waals surface area contributed by atoms with Gasteiger partial charge in [0.25, 0.3) is 0 Å². The van der Waals surface area contributed by atoms with E-state index in [4.69, 9.17) is 4.74 Å². The molecule has 218 valence electrons. The zero-order valence-corrected chi connectivity index (χ0v) is 27.0. The third-order valence-corrected chi connectivity index (χ3v) is 9.14. The largest absolute Gasteiger partial charge is 0.507 e. The van der Waals surface area contributed by atoms with Crippen LogP contribution in [0.1, 0.15) is 113 Å². The summed E-state index contributed by atoms with van der Waals surface area (Å²) < 4.78 is 7.88. The van der Waals surface area contributed by atoms with Gasteiger partial charge in [-0.2, -0.15) is 0 Å². The van der Waals surface area contributed by atoms with Gasteiger partial charge in [0.15, 0.2) is 5.60 Å². The van der Waals surface area contributed by atoms with Crippen LogP contribution in [0.4, 0.5) is 0 Å². The number of benzene rings is 3. The normalized spacial score (nSPS) is 13.8. The molecule has 3 N–H and O–H groups in total. The number of aromatic hydroxyl groups is 2. The van der Waals surface area contributed by atoms with Crippen molar-refractivity contribution in [3.63, 3.8) is 0 Å². The Labute approximate surface area is 258 Å². The second-order valence-electron chi connectivity index (χ2n) is 10.5. The number of hydrogen-bond donors (Lipinski definition) is 3. The topological polar surface area (TPSA) is 104 Å². The van der Waals surface area contributed by atoms with E-state index in [0.29, 0.717) is 59.1 Å². The number of rotatable bonds is 11. The first-order valence-electron chi connectivity index (χ1n) is 14.3. The van der Waals surface area contributed by atoms with Gasteiger partial charge in [0, 0.05) is 25.6 Å². The molecule has 0 saturated heterocycles. The Hall–Kier alpha value is -2.84. The van der Waals surface area contributed by atoms with Gasteiger partial charge in [-0.1, -0.05) is 91.3 Å². The van der Waals surface area contributed by atoms with Crippen LogP contribution >= 0.6 is 31.9 Å². The molecule has 6 nitrogen and oxygen atoms in total. The quantitative estimate of drug-likeness (QED) is 0.175. The molecule has 0 bridgehead atoms. The Bertz CT molecular complexity index is 1440. The lowest BCUT2D eigenvalue weighted by molar-refractivity contribution is 0.0228. The molecule has 0 aromatic heterocycles. The van der Waals surface area contributed by atoms with E-state index in [-0.39, 0.29) is 28.2 Å². The van der Waals surface area contributed by atoms with Crippen LogP contribution in [0.5, 0.6) is 11.5 Å². The number of ether oxygens (including phenoxy) is 1. The van der Waals surface area contributed by atoms with Gasteiger partial charge in [-0.15, -0.1) is 0 Å². The van der Waals surface area contributed by atoms with Crippen LogP contribution in [0, 0.1) is 0 Å².